The van der Waals surface area contributed by atoms with Gasteiger partial charge in [0, 0.05) is 61.7 Å². The van der Waals surface area contributed by atoms with Gasteiger partial charge < -0.3 is 0 Å². The van der Waals surface area contributed by atoms with Gasteiger partial charge in [-0.05, 0) is 81.9 Å². The third kappa shape index (κ3) is 5.10. The number of aromatic nitrogens is 4. The van der Waals surface area contributed by atoms with Crippen molar-refractivity contribution in [2.75, 3.05) is 0 Å². The minimum Gasteiger partial charge on any atom is -0.294 e. The van der Waals surface area contributed by atoms with Gasteiger partial charge in [-0.2, -0.15) is 0 Å². The van der Waals surface area contributed by atoms with Crippen molar-refractivity contribution >= 4 is 43.2 Å². The Labute approximate surface area is 305 Å². The summed E-state index contributed by atoms with van der Waals surface area (Å²) < 4.78 is 3.62. The van der Waals surface area contributed by atoms with E-state index in [1.54, 1.807) is 0 Å². The molecule has 0 aliphatic heterocycles. The summed E-state index contributed by atoms with van der Waals surface area (Å²) in [6, 6.07) is 56.2. The summed E-state index contributed by atoms with van der Waals surface area (Å²) in [5.74, 6) is 0.871. The highest BCUT2D eigenvalue weighted by Crippen LogP contribution is 2.49. The second-order valence-corrected chi connectivity index (χ2v) is 13.9. The molecule has 5 aromatic heterocycles. The fraction of sp³-hybridized carbons (Fsp3) is 0. The van der Waals surface area contributed by atoms with Crippen LogP contribution >= 0.6 is 11.3 Å². The van der Waals surface area contributed by atoms with Crippen LogP contribution in [0, 0.1) is 0 Å². The van der Waals surface area contributed by atoms with Crippen molar-refractivity contribution in [3.8, 4) is 60.9 Å². The van der Waals surface area contributed by atoms with Crippen LogP contribution in [-0.2, 0) is 0 Å². The van der Waals surface area contributed by atoms with Crippen molar-refractivity contribution in [3.05, 3.63) is 183 Å². The van der Waals surface area contributed by atoms with Gasteiger partial charge in [0.2, 0.25) is 0 Å². The number of thiophene rings is 1. The lowest BCUT2D eigenvalue weighted by atomic mass is 9.98. The van der Waals surface area contributed by atoms with Crippen molar-refractivity contribution in [2.45, 2.75) is 0 Å². The third-order valence-corrected chi connectivity index (χ3v) is 11.1. The lowest BCUT2D eigenvalue weighted by molar-refractivity contribution is 1.08. The third-order valence-electron chi connectivity index (χ3n) is 9.84. The molecule has 5 aromatic carbocycles. The Morgan fingerprint density at radius 1 is 0.423 bits per heavy atom. The number of benzene rings is 5. The minimum atomic E-state index is 0.871. The van der Waals surface area contributed by atoms with Crippen LogP contribution in [0.5, 0.6) is 0 Å². The highest BCUT2D eigenvalue weighted by Gasteiger charge is 2.22. The first kappa shape index (κ1) is 30.2. The van der Waals surface area contributed by atoms with E-state index in [0.29, 0.717) is 0 Å². The zero-order valence-corrected chi connectivity index (χ0v) is 28.8. The number of hydrogen-bond donors (Lipinski definition) is 0. The lowest BCUT2D eigenvalue weighted by Gasteiger charge is -2.13. The van der Waals surface area contributed by atoms with Crippen molar-refractivity contribution in [3.63, 3.8) is 0 Å². The van der Waals surface area contributed by atoms with E-state index >= 15 is 0 Å². The molecule has 0 fully saturated rings. The SMILES string of the molecule is c1ccc(-c2sc3c(ccc4c3c3ccccc3n4-c3cc(-c4ccc(-c5ccncc5)cc4)cc(-c4ccncc4)n3)c2-c2ccccc2)cc1. The smallest absolute Gasteiger partial charge is 0.138 e. The maximum absolute atomic E-state index is 5.37. The second kappa shape index (κ2) is 12.6. The number of fused-ring (bicyclic) bond motifs is 5. The number of para-hydroxylation sites is 1. The number of nitrogens with zero attached hydrogens (tertiary/aromatic N) is 4. The number of hydrogen-bond acceptors (Lipinski definition) is 4. The highest BCUT2D eigenvalue weighted by molar-refractivity contribution is 7.24. The Balaban J connectivity index is 1.23. The van der Waals surface area contributed by atoms with Gasteiger partial charge in [-0.15, -0.1) is 11.3 Å². The summed E-state index contributed by atoms with van der Waals surface area (Å²) in [5.41, 5.74) is 12.4. The van der Waals surface area contributed by atoms with Crippen LogP contribution in [0.4, 0.5) is 0 Å². The molecule has 5 heteroatoms. The largest absolute Gasteiger partial charge is 0.294 e. The first-order valence-corrected chi connectivity index (χ1v) is 18.1. The zero-order valence-electron chi connectivity index (χ0n) is 28.0. The van der Waals surface area contributed by atoms with Gasteiger partial charge in [-0.1, -0.05) is 109 Å². The van der Waals surface area contributed by atoms with Gasteiger partial charge in [-0.3, -0.25) is 14.5 Å². The molecule has 0 aliphatic carbocycles. The van der Waals surface area contributed by atoms with Crippen LogP contribution < -0.4 is 0 Å². The Bertz CT molecular complexity index is 2860. The first-order valence-electron chi connectivity index (χ1n) is 17.3. The molecule has 0 aliphatic rings. The molecule has 10 aromatic rings. The van der Waals surface area contributed by atoms with E-state index < -0.39 is 0 Å². The van der Waals surface area contributed by atoms with Crippen molar-refractivity contribution < 1.29 is 0 Å². The van der Waals surface area contributed by atoms with Crippen LogP contribution in [0.2, 0.25) is 0 Å². The molecule has 0 spiro atoms. The molecule has 0 atom stereocenters. The molecule has 5 heterocycles. The Kier molecular flexibility index (Phi) is 7.29. The van der Waals surface area contributed by atoms with E-state index in [1.165, 1.54) is 42.4 Å². The summed E-state index contributed by atoms with van der Waals surface area (Å²) >= 11 is 1.88. The van der Waals surface area contributed by atoms with Crippen LogP contribution in [0.15, 0.2) is 183 Å². The normalized spacial score (nSPS) is 11.5. The summed E-state index contributed by atoms with van der Waals surface area (Å²) in [7, 11) is 0. The van der Waals surface area contributed by atoms with Gasteiger partial charge in [-0.25, -0.2) is 4.98 Å². The molecule has 4 nitrogen and oxygen atoms in total. The van der Waals surface area contributed by atoms with E-state index in [1.807, 2.05) is 60.4 Å². The van der Waals surface area contributed by atoms with Gasteiger partial charge in [0.25, 0.3) is 0 Å². The second-order valence-electron chi connectivity index (χ2n) is 12.9. The standard InChI is InChI=1S/C47H30N4S/c1-3-9-35(10-4-1)44-39-19-20-42-45(47(39)52-46(44)36-11-5-2-6-12-36)38-13-7-8-14-41(38)51(42)43-30-37(29-40(50-43)34-23-27-49-28-24-34)32-17-15-31(16-18-32)33-21-25-48-26-22-33/h1-30H. The van der Waals surface area contributed by atoms with E-state index in [2.05, 4.69) is 148 Å². The minimum absolute atomic E-state index is 0.871. The van der Waals surface area contributed by atoms with Crippen LogP contribution in [0.3, 0.4) is 0 Å². The molecule has 0 saturated carbocycles. The summed E-state index contributed by atoms with van der Waals surface area (Å²) in [6.45, 7) is 0. The first-order chi connectivity index (χ1) is 25.8. The molecule has 0 radical (unpaired) electrons. The van der Waals surface area contributed by atoms with Gasteiger partial charge in [0.15, 0.2) is 0 Å². The van der Waals surface area contributed by atoms with E-state index in [0.717, 1.165) is 50.4 Å². The molecule has 244 valence electrons. The Morgan fingerprint density at radius 3 is 1.73 bits per heavy atom. The fourth-order valence-electron chi connectivity index (χ4n) is 7.41. The quantitative estimate of drug-likeness (QED) is 0.175. The van der Waals surface area contributed by atoms with Gasteiger partial charge >= 0.3 is 0 Å². The average molecular weight is 683 g/mol. The predicted octanol–water partition coefficient (Wildman–Crippen LogP) is 12.5. The molecule has 0 amide bonds. The van der Waals surface area contributed by atoms with Crippen LogP contribution in [0.25, 0.3) is 92.8 Å². The van der Waals surface area contributed by atoms with E-state index in [-0.39, 0.29) is 0 Å². The Morgan fingerprint density at radius 2 is 1.02 bits per heavy atom. The molecular formula is C47H30N4S. The fourth-order valence-corrected chi connectivity index (χ4v) is 8.79. The van der Waals surface area contributed by atoms with Crippen molar-refractivity contribution in [1.82, 2.24) is 19.5 Å². The maximum atomic E-state index is 5.37. The summed E-state index contributed by atoms with van der Waals surface area (Å²) in [5, 5.41) is 3.72. The monoisotopic (exact) mass is 682 g/mol. The topological polar surface area (TPSA) is 43.6 Å². The van der Waals surface area contributed by atoms with Crippen LogP contribution in [-0.4, -0.2) is 19.5 Å². The molecule has 0 N–H and O–H groups in total. The van der Waals surface area contributed by atoms with E-state index in [9.17, 15) is 0 Å². The zero-order chi connectivity index (χ0) is 34.4. The molecule has 0 unspecified atom stereocenters. The van der Waals surface area contributed by atoms with Crippen LogP contribution in [0.1, 0.15) is 0 Å². The highest BCUT2D eigenvalue weighted by atomic mass is 32.1. The van der Waals surface area contributed by atoms with Crippen molar-refractivity contribution in [1.29, 1.82) is 0 Å². The average Bonchev–Trinajstić information content (AvgIpc) is 3.79. The Hall–Kier alpha value is -6.69. The molecule has 10 rings (SSSR count). The van der Waals surface area contributed by atoms with E-state index in [4.69, 9.17) is 4.98 Å². The predicted molar refractivity (Wildman–Crippen MR) is 217 cm³/mol. The summed E-state index contributed by atoms with van der Waals surface area (Å²) in [4.78, 5) is 15.1. The molecular weight excluding hydrogens is 653 g/mol. The van der Waals surface area contributed by atoms with Gasteiger partial charge in [0.05, 0.1) is 16.7 Å². The molecule has 0 bridgehead atoms. The molecule has 0 saturated heterocycles. The maximum Gasteiger partial charge on any atom is 0.138 e. The molecule has 52 heavy (non-hydrogen) atoms. The van der Waals surface area contributed by atoms with Gasteiger partial charge in [0.1, 0.15) is 5.82 Å². The van der Waals surface area contributed by atoms with Crippen molar-refractivity contribution in [2.24, 2.45) is 0 Å². The lowest BCUT2D eigenvalue weighted by Crippen LogP contribution is -2.00. The summed E-state index contributed by atoms with van der Waals surface area (Å²) in [6.07, 6.45) is 7.32. The number of rotatable bonds is 6. The number of pyridine rings is 3.